The topological polar surface area (TPSA) is 69.9 Å². The van der Waals surface area contributed by atoms with Crippen LogP contribution in [0.5, 0.6) is 5.75 Å². The highest BCUT2D eigenvalue weighted by atomic mass is 127. The molecule has 0 spiro atoms. The predicted molar refractivity (Wildman–Crippen MR) is 169 cm³/mol. The van der Waals surface area contributed by atoms with Crippen molar-refractivity contribution in [2.75, 3.05) is 7.11 Å². The maximum absolute atomic E-state index is 14.3. The van der Waals surface area contributed by atoms with Gasteiger partial charge in [-0.1, -0.05) is 66.8 Å². The third-order valence-electron chi connectivity index (χ3n) is 6.42. The Kier molecular flexibility index (Phi) is 8.86. The third kappa shape index (κ3) is 5.66. The molecule has 40 heavy (non-hydrogen) atoms. The Bertz CT molecular complexity index is 1820. The van der Waals surface area contributed by atoms with Gasteiger partial charge in [-0.2, -0.15) is 0 Å². The molecular weight excluding hydrogens is 757 g/mol. The van der Waals surface area contributed by atoms with Crippen LogP contribution >= 0.6 is 56.5 Å². The molecule has 1 aliphatic heterocycles. The Morgan fingerprint density at radius 1 is 1.12 bits per heavy atom. The highest BCUT2D eigenvalue weighted by Crippen LogP contribution is 2.32. The zero-order chi connectivity index (χ0) is 28.4. The molecule has 2 heterocycles. The maximum atomic E-state index is 14.3. The molecule has 0 fully saturated rings. The lowest BCUT2D eigenvalue weighted by atomic mass is 9.95. The van der Waals surface area contributed by atoms with Gasteiger partial charge in [0.25, 0.3) is 5.56 Å². The highest BCUT2D eigenvalue weighted by Gasteiger charge is 2.33. The van der Waals surface area contributed by atoms with E-state index >= 15 is 0 Å². The molecule has 204 valence electrons. The predicted octanol–water partition coefficient (Wildman–Crippen LogP) is 5.73. The molecule has 4 aromatic rings. The van der Waals surface area contributed by atoms with E-state index in [9.17, 15) is 14.0 Å². The summed E-state index contributed by atoms with van der Waals surface area (Å²) in [7, 11) is 1.33. The first-order chi connectivity index (χ1) is 19.3. The number of rotatable bonds is 7. The van der Waals surface area contributed by atoms with Crippen LogP contribution in [0.3, 0.4) is 0 Å². The summed E-state index contributed by atoms with van der Waals surface area (Å²) in [5.41, 5.74) is 2.58. The summed E-state index contributed by atoms with van der Waals surface area (Å²) < 4.78 is 29.3. The summed E-state index contributed by atoms with van der Waals surface area (Å²) in [5.74, 6) is -0.300. The number of aromatic nitrogens is 1. The van der Waals surface area contributed by atoms with Crippen molar-refractivity contribution in [2.24, 2.45) is 4.99 Å². The summed E-state index contributed by atoms with van der Waals surface area (Å²) >= 11 is 5.65. The largest absolute Gasteiger partial charge is 0.487 e. The molecule has 0 aliphatic carbocycles. The van der Waals surface area contributed by atoms with Crippen molar-refractivity contribution >= 4 is 68.6 Å². The monoisotopic (exact) mass is 780 g/mol. The van der Waals surface area contributed by atoms with E-state index in [1.54, 1.807) is 28.8 Å². The normalized spacial score (nSPS) is 15.0. The number of nitrogens with zero attached hydrogens (tertiary/aromatic N) is 2. The minimum absolute atomic E-state index is 0.0434. The average Bonchev–Trinajstić information content (AvgIpc) is 3.26. The Morgan fingerprint density at radius 3 is 2.55 bits per heavy atom. The number of ether oxygens (including phenoxy) is 2. The molecule has 5 rings (SSSR count). The second-order valence-electron chi connectivity index (χ2n) is 8.88. The van der Waals surface area contributed by atoms with Crippen LogP contribution < -0.4 is 19.6 Å². The number of allylic oxidation sites excluding steroid dienone is 1. The van der Waals surface area contributed by atoms with Crippen molar-refractivity contribution in [3.05, 3.63) is 127 Å². The van der Waals surface area contributed by atoms with Crippen LogP contribution in [0.15, 0.2) is 87.8 Å². The van der Waals surface area contributed by atoms with E-state index in [-0.39, 0.29) is 18.0 Å². The Hall–Kier alpha value is -2.84. The van der Waals surface area contributed by atoms with Gasteiger partial charge >= 0.3 is 5.97 Å². The van der Waals surface area contributed by atoms with Crippen molar-refractivity contribution in [1.82, 2.24) is 4.57 Å². The minimum Gasteiger partial charge on any atom is -0.487 e. The molecule has 0 bridgehead atoms. The van der Waals surface area contributed by atoms with Crippen molar-refractivity contribution in [3.63, 3.8) is 0 Å². The lowest BCUT2D eigenvalue weighted by molar-refractivity contribution is -0.136. The zero-order valence-electron chi connectivity index (χ0n) is 21.5. The lowest BCUT2D eigenvalue weighted by Gasteiger charge is -2.25. The van der Waals surface area contributed by atoms with Gasteiger partial charge in [-0.05, 0) is 81.4 Å². The van der Waals surface area contributed by atoms with E-state index in [1.807, 2.05) is 49.4 Å². The second-order valence-corrected chi connectivity index (χ2v) is 12.3. The van der Waals surface area contributed by atoms with Crippen molar-refractivity contribution in [3.8, 4) is 5.75 Å². The average molecular weight is 780 g/mol. The van der Waals surface area contributed by atoms with E-state index < -0.39 is 12.0 Å². The Balaban J connectivity index is 1.67. The van der Waals surface area contributed by atoms with Gasteiger partial charge in [-0.25, -0.2) is 14.2 Å². The van der Waals surface area contributed by atoms with Crippen LogP contribution in [-0.2, 0) is 16.1 Å². The number of esters is 1. The minimum atomic E-state index is -0.671. The fourth-order valence-electron chi connectivity index (χ4n) is 4.56. The zero-order valence-corrected chi connectivity index (χ0v) is 26.6. The molecule has 0 unspecified atom stereocenters. The quantitative estimate of drug-likeness (QED) is 0.178. The van der Waals surface area contributed by atoms with E-state index in [0.717, 1.165) is 12.7 Å². The van der Waals surface area contributed by atoms with E-state index in [4.69, 9.17) is 14.5 Å². The summed E-state index contributed by atoms with van der Waals surface area (Å²) in [6.45, 7) is 1.97. The number of hydrogen-bond donors (Lipinski definition) is 0. The number of thiazole rings is 1. The summed E-state index contributed by atoms with van der Waals surface area (Å²) in [4.78, 5) is 32.2. The number of carbonyl (C=O) groups is 1. The molecule has 1 atom stereocenters. The molecule has 10 heteroatoms. The highest BCUT2D eigenvalue weighted by molar-refractivity contribution is 14.1. The molecule has 0 N–H and O–H groups in total. The van der Waals surface area contributed by atoms with E-state index in [2.05, 4.69) is 45.2 Å². The number of fused-ring (bicyclic) bond motifs is 1. The van der Waals surface area contributed by atoms with Crippen molar-refractivity contribution < 1.29 is 18.7 Å². The van der Waals surface area contributed by atoms with Crippen LogP contribution in [0.1, 0.15) is 36.1 Å². The molecule has 0 saturated carbocycles. The molecule has 0 radical (unpaired) electrons. The maximum Gasteiger partial charge on any atom is 0.338 e. The van der Waals surface area contributed by atoms with E-state index in [0.29, 0.717) is 43.9 Å². The number of benzene rings is 3. The van der Waals surface area contributed by atoms with Crippen LogP contribution in [0.4, 0.5) is 4.39 Å². The number of methoxy groups -OCH3 is 1. The number of carbonyl (C=O) groups excluding carboxylic acids is 1. The van der Waals surface area contributed by atoms with Crippen LogP contribution in [-0.4, -0.2) is 17.6 Å². The molecular formula is C30H23FI2N2O4S. The first kappa shape index (κ1) is 28.7. The summed E-state index contributed by atoms with van der Waals surface area (Å²) in [6, 6.07) is 19.1. The van der Waals surface area contributed by atoms with Gasteiger partial charge in [-0.3, -0.25) is 9.36 Å². The van der Waals surface area contributed by atoms with Gasteiger partial charge in [0.2, 0.25) is 0 Å². The molecule has 6 nitrogen and oxygen atoms in total. The number of hydrogen-bond acceptors (Lipinski definition) is 6. The van der Waals surface area contributed by atoms with Crippen LogP contribution in [0.2, 0.25) is 0 Å². The third-order valence-corrected chi connectivity index (χ3v) is 8.83. The smallest absolute Gasteiger partial charge is 0.338 e. The number of halogens is 3. The van der Waals surface area contributed by atoms with Crippen molar-refractivity contribution in [2.45, 2.75) is 26.0 Å². The fourth-order valence-corrected chi connectivity index (χ4v) is 7.62. The lowest BCUT2D eigenvalue weighted by Crippen LogP contribution is -2.40. The van der Waals surface area contributed by atoms with Gasteiger partial charge in [0, 0.05) is 14.7 Å². The van der Waals surface area contributed by atoms with Crippen molar-refractivity contribution in [1.29, 1.82) is 0 Å². The Labute approximate surface area is 261 Å². The summed E-state index contributed by atoms with van der Waals surface area (Å²) in [5, 5.41) is 0. The first-order valence-electron chi connectivity index (χ1n) is 12.4. The van der Waals surface area contributed by atoms with Gasteiger partial charge in [0.05, 0.1) is 32.5 Å². The molecule has 1 aromatic heterocycles. The fraction of sp³-hybridized carbons (Fsp3) is 0.167. The second kappa shape index (κ2) is 12.4. The summed E-state index contributed by atoms with van der Waals surface area (Å²) in [6.07, 6.45) is 2.28. The molecule has 0 amide bonds. The van der Waals surface area contributed by atoms with E-state index in [1.165, 1.54) is 24.5 Å². The Morgan fingerprint density at radius 2 is 1.85 bits per heavy atom. The van der Waals surface area contributed by atoms with Gasteiger partial charge in [0.15, 0.2) is 4.80 Å². The van der Waals surface area contributed by atoms with Crippen LogP contribution in [0, 0.1) is 13.0 Å². The standard InChI is InChI=1S/C30H23FI2N2O4S/c1-3-23-25(29(37)38-2)26(17-9-5-4-6-10-17)35-28(36)24(40-30(35)34-23)14-19-13-20(32)15-22(33)27(19)39-16-18-11-7-8-12-21(18)31/h4-15,26H,3,16H2,1-2H3/b24-14+/t26-/m1/s1. The van der Waals surface area contributed by atoms with Gasteiger partial charge < -0.3 is 9.47 Å². The molecule has 0 saturated heterocycles. The first-order valence-corrected chi connectivity index (χ1v) is 15.3. The van der Waals surface area contributed by atoms with Gasteiger partial charge in [0.1, 0.15) is 18.2 Å². The molecule has 1 aliphatic rings. The molecule has 3 aromatic carbocycles. The SMILES string of the molecule is CCC1=C(C(=O)OC)[C@@H](c2ccccc2)n2c(s/c(=C/c3cc(I)cc(I)c3OCc3ccccc3F)c2=O)=N1. The van der Waals surface area contributed by atoms with Crippen LogP contribution in [0.25, 0.3) is 6.08 Å². The van der Waals surface area contributed by atoms with Gasteiger partial charge in [-0.15, -0.1) is 0 Å².